The first-order valence-corrected chi connectivity index (χ1v) is 6.89. The minimum Gasteiger partial charge on any atom is -0.384 e. The van der Waals surface area contributed by atoms with Gasteiger partial charge in [-0.1, -0.05) is 18.2 Å². The van der Waals surface area contributed by atoms with E-state index >= 15 is 0 Å². The molecule has 1 aromatic carbocycles. The maximum Gasteiger partial charge on any atom is 0.228 e. The Kier molecular flexibility index (Phi) is 5.36. The van der Waals surface area contributed by atoms with Gasteiger partial charge in [0, 0.05) is 19.3 Å². The number of nitrogens with one attached hydrogen (secondary N) is 2. The number of hydrogen-bond acceptors (Lipinski definition) is 3. The monoisotopic (exact) mass is 262 g/mol. The van der Waals surface area contributed by atoms with E-state index in [0.717, 1.165) is 43.6 Å². The molecule has 4 nitrogen and oxygen atoms in total. The average Bonchev–Trinajstić information content (AvgIpc) is 2.47. The van der Waals surface area contributed by atoms with Crippen molar-refractivity contribution in [3.63, 3.8) is 0 Å². The molecule has 4 heteroatoms. The van der Waals surface area contributed by atoms with E-state index in [4.69, 9.17) is 4.74 Å². The summed E-state index contributed by atoms with van der Waals surface area (Å²) in [6.45, 7) is 2.47. The molecular formula is C15H22N2O2. The molecule has 0 saturated carbocycles. The predicted molar refractivity (Wildman–Crippen MR) is 76.2 cm³/mol. The second kappa shape index (κ2) is 7.26. The summed E-state index contributed by atoms with van der Waals surface area (Å²) in [6.07, 6.45) is 2.86. The van der Waals surface area contributed by atoms with Gasteiger partial charge in [0.05, 0.1) is 12.5 Å². The zero-order chi connectivity index (χ0) is 13.5. The van der Waals surface area contributed by atoms with Gasteiger partial charge in [-0.3, -0.25) is 4.79 Å². The maximum absolute atomic E-state index is 12.2. The highest BCUT2D eigenvalue weighted by Gasteiger charge is 2.21. The van der Waals surface area contributed by atoms with E-state index in [1.54, 1.807) is 7.11 Å². The van der Waals surface area contributed by atoms with Gasteiger partial charge < -0.3 is 15.4 Å². The highest BCUT2D eigenvalue weighted by molar-refractivity contribution is 5.93. The van der Waals surface area contributed by atoms with Crippen LogP contribution in [-0.4, -0.2) is 32.7 Å². The van der Waals surface area contributed by atoms with Crippen molar-refractivity contribution in [3.8, 4) is 0 Å². The standard InChI is InChI=1S/C15H22N2O2/c1-19-10-8-12-5-2-3-7-14(12)17-15(18)13-6-4-9-16-11-13/h2-3,5,7,13,16H,4,6,8-11H2,1H3,(H,17,18)/t13-/m0/s1. The summed E-state index contributed by atoms with van der Waals surface area (Å²) in [7, 11) is 1.69. The van der Waals surface area contributed by atoms with Crippen molar-refractivity contribution in [1.29, 1.82) is 0 Å². The number of carbonyl (C=O) groups excluding carboxylic acids is 1. The van der Waals surface area contributed by atoms with E-state index in [0.29, 0.717) is 6.61 Å². The van der Waals surface area contributed by atoms with Crippen LogP contribution in [0.3, 0.4) is 0 Å². The fraction of sp³-hybridized carbons (Fsp3) is 0.533. The van der Waals surface area contributed by atoms with Gasteiger partial charge >= 0.3 is 0 Å². The fourth-order valence-corrected chi connectivity index (χ4v) is 2.38. The van der Waals surface area contributed by atoms with Crippen molar-refractivity contribution in [3.05, 3.63) is 29.8 Å². The Balaban J connectivity index is 1.99. The maximum atomic E-state index is 12.2. The molecule has 104 valence electrons. The van der Waals surface area contributed by atoms with Crippen LogP contribution in [0.2, 0.25) is 0 Å². The molecule has 1 atom stereocenters. The molecule has 0 bridgehead atoms. The van der Waals surface area contributed by atoms with Crippen LogP contribution >= 0.6 is 0 Å². The molecule has 0 aliphatic carbocycles. The molecule has 1 aromatic rings. The third kappa shape index (κ3) is 4.04. The minimum absolute atomic E-state index is 0.0873. The van der Waals surface area contributed by atoms with Crippen LogP contribution < -0.4 is 10.6 Å². The average molecular weight is 262 g/mol. The van der Waals surface area contributed by atoms with Crippen molar-refractivity contribution in [2.75, 3.05) is 32.1 Å². The number of rotatable bonds is 5. The first-order chi connectivity index (χ1) is 9.31. The zero-order valence-corrected chi connectivity index (χ0v) is 11.4. The molecule has 1 aliphatic rings. The molecule has 0 spiro atoms. The zero-order valence-electron chi connectivity index (χ0n) is 11.4. The van der Waals surface area contributed by atoms with Crippen LogP contribution in [0, 0.1) is 5.92 Å². The highest BCUT2D eigenvalue weighted by Crippen LogP contribution is 2.18. The van der Waals surface area contributed by atoms with Crippen molar-refractivity contribution < 1.29 is 9.53 Å². The van der Waals surface area contributed by atoms with Gasteiger partial charge in [-0.25, -0.2) is 0 Å². The van der Waals surface area contributed by atoms with Crippen LogP contribution in [0.25, 0.3) is 0 Å². The van der Waals surface area contributed by atoms with E-state index in [1.165, 1.54) is 0 Å². The molecule has 1 aliphatic heterocycles. The predicted octanol–water partition coefficient (Wildman–Crippen LogP) is 1.81. The molecule has 0 aromatic heterocycles. The second-order valence-corrected chi connectivity index (χ2v) is 4.93. The number of carbonyl (C=O) groups is 1. The number of methoxy groups -OCH3 is 1. The molecule has 1 heterocycles. The summed E-state index contributed by atoms with van der Waals surface area (Å²) in [5.74, 6) is 0.210. The Morgan fingerprint density at radius 1 is 1.47 bits per heavy atom. The third-order valence-corrected chi connectivity index (χ3v) is 3.52. The number of ether oxygens (including phenoxy) is 1. The normalized spacial score (nSPS) is 19.1. The van der Waals surface area contributed by atoms with E-state index in [9.17, 15) is 4.79 Å². The summed E-state index contributed by atoms with van der Waals surface area (Å²) in [5, 5.41) is 6.32. The van der Waals surface area contributed by atoms with Gasteiger partial charge in [0.1, 0.15) is 0 Å². The van der Waals surface area contributed by atoms with E-state index in [1.807, 2.05) is 24.3 Å². The van der Waals surface area contributed by atoms with Crippen LogP contribution in [0.15, 0.2) is 24.3 Å². The number of amides is 1. The van der Waals surface area contributed by atoms with Crippen molar-refractivity contribution in [1.82, 2.24) is 5.32 Å². The van der Waals surface area contributed by atoms with Crippen LogP contribution in [0.1, 0.15) is 18.4 Å². The van der Waals surface area contributed by atoms with Crippen molar-refractivity contribution in [2.24, 2.45) is 5.92 Å². The molecule has 1 saturated heterocycles. The number of benzene rings is 1. The Hall–Kier alpha value is -1.39. The molecule has 2 rings (SSSR count). The number of piperidine rings is 1. The SMILES string of the molecule is COCCc1ccccc1NC(=O)[C@H]1CCCNC1. The lowest BCUT2D eigenvalue weighted by Gasteiger charge is -2.22. The summed E-state index contributed by atoms with van der Waals surface area (Å²) < 4.78 is 5.10. The Morgan fingerprint density at radius 2 is 2.32 bits per heavy atom. The number of anilines is 1. The first-order valence-electron chi connectivity index (χ1n) is 6.89. The lowest BCUT2D eigenvalue weighted by Crippen LogP contribution is -2.37. The lowest BCUT2D eigenvalue weighted by molar-refractivity contribution is -0.120. The molecular weight excluding hydrogens is 240 g/mol. The van der Waals surface area contributed by atoms with E-state index in [2.05, 4.69) is 10.6 Å². The van der Waals surface area contributed by atoms with Gasteiger partial charge in [0.2, 0.25) is 5.91 Å². The van der Waals surface area contributed by atoms with Gasteiger partial charge in [0.15, 0.2) is 0 Å². The van der Waals surface area contributed by atoms with Crippen molar-refractivity contribution in [2.45, 2.75) is 19.3 Å². The van der Waals surface area contributed by atoms with Crippen molar-refractivity contribution >= 4 is 11.6 Å². The van der Waals surface area contributed by atoms with Gasteiger partial charge in [-0.2, -0.15) is 0 Å². The fourth-order valence-electron chi connectivity index (χ4n) is 2.38. The minimum atomic E-state index is 0.0873. The first kappa shape index (κ1) is 14.0. The molecule has 19 heavy (non-hydrogen) atoms. The van der Waals surface area contributed by atoms with E-state index < -0.39 is 0 Å². The molecule has 1 amide bonds. The van der Waals surface area contributed by atoms with Gasteiger partial charge in [0.25, 0.3) is 0 Å². The Bertz CT molecular complexity index is 414. The summed E-state index contributed by atoms with van der Waals surface area (Å²) >= 11 is 0. The molecule has 0 radical (unpaired) electrons. The van der Waals surface area contributed by atoms with Crippen LogP contribution in [-0.2, 0) is 16.0 Å². The Labute approximate surface area is 114 Å². The van der Waals surface area contributed by atoms with Gasteiger partial charge in [-0.15, -0.1) is 0 Å². The lowest BCUT2D eigenvalue weighted by atomic mass is 9.98. The Morgan fingerprint density at radius 3 is 3.05 bits per heavy atom. The molecule has 2 N–H and O–H groups in total. The summed E-state index contributed by atoms with van der Waals surface area (Å²) in [4.78, 5) is 12.2. The highest BCUT2D eigenvalue weighted by atomic mass is 16.5. The smallest absolute Gasteiger partial charge is 0.228 e. The largest absolute Gasteiger partial charge is 0.384 e. The molecule has 0 unspecified atom stereocenters. The summed E-state index contributed by atoms with van der Waals surface area (Å²) in [5.41, 5.74) is 2.04. The third-order valence-electron chi connectivity index (χ3n) is 3.52. The number of hydrogen-bond donors (Lipinski definition) is 2. The molecule has 1 fully saturated rings. The van der Waals surface area contributed by atoms with Crippen LogP contribution in [0.5, 0.6) is 0 Å². The summed E-state index contributed by atoms with van der Waals surface area (Å²) in [6, 6.07) is 7.93. The topological polar surface area (TPSA) is 50.4 Å². The number of para-hydroxylation sites is 1. The quantitative estimate of drug-likeness (QED) is 0.851. The van der Waals surface area contributed by atoms with Gasteiger partial charge in [-0.05, 0) is 37.4 Å². The van der Waals surface area contributed by atoms with E-state index in [-0.39, 0.29) is 11.8 Å². The second-order valence-electron chi connectivity index (χ2n) is 4.93. The van der Waals surface area contributed by atoms with Crippen LogP contribution in [0.4, 0.5) is 5.69 Å².